The molecule has 0 bridgehead atoms. The van der Waals surface area contributed by atoms with Crippen molar-refractivity contribution in [3.05, 3.63) is 76.3 Å². The average molecular weight is 599 g/mol. The van der Waals surface area contributed by atoms with Gasteiger partial charge in [0.1, 0.15) is 16.7 Å². The van der Waals surface area contributed by atoms with Crippen LogP contribution >= 0.6 is 11.6 Å². The molecule has 9 heteroatoms. The van der Waals surface area contributed by atoms with Crippen molar-refractivity contribution < 1.29 is 28.9 Å². The zero-order chi connectivity index (χ0) is 30.7. The van der Waals surface area contributed by atoms with Crippen molar-refractivity contribution in [2.45, 2.75) is 72.2 Å². The fourth-order valence-corrected chi connectivity index (χ4v) is 5.45. The third-order valence-electron chi connectivity index (χ3n) is 7.49. The van der Waals surface area contributed by atoms with Crippen LogP contribution in [0.5, 0.6) is 5.75 Å². The Bertz CT molecular complexity index is 1380. The van der Waals surface area contributed by atoms with Crippen molar-refractivity contribution in [3.8, 4) is 16.9 Å². The van der Waals surface area contributed by atoms with E-state index in [1.54, 1.807) is 32.9 Å². The minimum atomic E-state index is -1.37. The highest BCUT2D eigenvalue weighted by molar-refractivity contribution is 6.31. The van der Waals surface area contributed by atoms with Crippen molar-refractivity contribution >= 4 is 23.3 Å². The molecule has 2 aromatic carbocycles. The summed E-state index contributed by atoms with van der Waals surface area (Å²) in [4.78, 5) is 19.3. The second kappa shape index (κ2) is 13.0. The Morgan fingerprint density at radius 3 is 2.26 bits per heavy atom. The van der Waals surface area contributed by atoms with Gasteiger partial charge in [0.2, 0.25) is 0 Å². The molecule has 4 rings (SSSR count). The van der Waals surface area contributed by atoms with Crippen molar-refractivity contribution in [2.75, 3.05) is 24.6 Å². The van der Waals surface area contributed by atoms with Crippen LogP contribution in [0.15, 0.2) is 48.5 Å². The molecule has 0 amide bonds. The van der Waals surface area contributed by atoms with E-state index >= 15 is 0 Å². The first-order chi connectivity index (χ1) is 19.8. The molecule has 226 valence electrons. The Balaban J connectivity index is 1.75. The lowest BCUT2D eigenvalue weighted by atomic mass is 9.82. The molecule has 1 aliphatic heterocycles. The minimum absolute atomic E-state index is 0.0000281. The predicted octanol–water partition coefficient (Wildman–Crippen LogP) is 7.22. The maximum Gasteiger partial charge on any atom is 0.337 e. The van der Waals surface area contributed by atoms with Gasteiger partial charge in [0.05, 0.1) is 35.8 Å². The van der Waals surface area contributed by atoms with E-state index in [0.717, 1.165) is 24.0 Å². The van der Waals surface area contributed by atoms with E-state index in [1.807, 2.05) is 24.3 Å². The monoisotopic (exact) mass is 598 g/mol. The first-order valence-corrected chi connectivity index (χ1v) is 14.6. The van der Waals surface area contributed by atoms with Crippen LogP contribution in [0.25, 0.3) is 11.1 Å². The van der Waals surface area contributed by atoms with Gasteiger partial charge in [0.15, 0.2) is 6.10 Å². The molecule has 2 heterocycles. The van der Waals surface area contributed by atoms with Gasteiger partial charge in [0, 0.05) is 25.1 Å². The molecule has 0 saturated carbocycles. The van der Waals surface area contributed by atoms with Gasteiger partial charge in [-0.2, -0.15) is 0 Å². The number of aliphatic hydroxyl groups is 1. The lowest BCUT2D eigenvalue weighted by Crippen LogP contribution is -2.39. The molecular weight excluding hydrogens is 559 g/mol. The molecule has 7 nitrogen and oxygen atoms in total. The lowest BCUT2D eigenvalue weighted by molar-refractivity contribution is -0.160. The normalized spacial score (nSPS) is 15.9. The molecule has 1 fully saturated rings. The molecule has 42 heavy (non-hydrogen) atoms. The molecule has 1 atom stereocenters. The molecule has 0 aliphatic carbocycles. The number of benzene rings is 2. The zero-order valence-electron chi connectivity index (χ0n) is 24.9. The number of aliphatic carboxylic acids is 1. The summed E-state index contributed by atoms with van der Waals surface area (Å²) < 4.78 is 25.2. The molecule has 3 aromatic rings. The van der Waals surface area contributed by atoms with E-state index in [0.29, 0.717) is 48.8 Å². The summed E-state index contributed by atoms with van der Waals surface area (Å²) in [5, 5.41) is 20.7. The molecule has 0 spiro atoms. The maximum absolute atomic E-state index is 13.2. The Morgan fingerprint density at radius 2 is 1.71 bits per heavy atom. The number of rotatable bonds is 10. The number of carboxylic acids is 1. The van der Waals surface area contributed by atoms with Gasteiger partial charge in [-0.3, -0.25) is 0 Å². The van der Waals surface area contributed by atoms with E-state index in [1.165, 1.54) is 12.1 Å². The van der Waals surface area contributed by atoms with E-state index in [9.17, 15) is 19.4 Å². The number of hydrogen-bond donors (Lipinski definition) is 2. The van der Waals surface area contributed by atoms with Crippen molar-refractivity contribution in [1.29, 1.82) is 0 Å². The Hall–Kier alpha value is -3.20. The van der Waals surface area contributed by atoms with Crippen LogP contribution in [0, 0.1) is 11.2 Å². The second-order valence-electron chi connectivity index (χ2n) is 12.5. The fraction of sp³-hybridized carbons (Fsp3) is 0.455. The van der Waals surface area contributed by atoms with Crippen LogP contribution in [-0.4, -0.2) is 46.5 Å². The number of carboxylic acid groups (broad SMARTS) is 1. The number of pyridine rings is 1. The third-order valence-corrected chi connectivity index (χ3v) is 7.78. The van der Waals surface area contributed by atoms with Crippen LogP contribution in [-0.2, 0) is 22.6 Å². The summed E-state index contributed by atoms with van der Waals surface area (Å²) in [5.74, 6) is -0.793. The van der Waals surface area contributed by atoms with Gasteiger partial charge >= 0.3 is 5.97 Å². The summed E-state index contributed by atoms with van der Waals surface area (Å²) in [5.41, 5.74) is 2.98. The largest absolute Gasteiger partial charge is 0.493 e. The van der Waals surface area contributed by atoms with Crippen molar-refractivity contribution in [3.63, 3.8) is 0 Å². The fourth-order valence-electron chi connectivity index (χ4n) is 5.16. The number of aliphatic hydroxyl groups excluding tert-OH is 1. The number of hydrogen-bond acceptors (Lipinski definition) is 6. The molecule has 1 aliphatic rings. The molecule has 0 unspecified atom stereocenters. The highest BCUT2D eigenvalue weighted by atomic mass is 35.5. The van der Waals surface area contributed by atoms with Crippen LogP contribution in [0.2, 0.25) is 5.15 Å². The van der Waals surface area contributed by atoms with E-state index < -0.39 is 17.7 Å². The van der Waals surface area contributed by atoms with Gasteiger partial charge in [-0.15, -0.1) is 0 Å². The molecule has 0 radical (unpaired) electrons. The van der Waals surface area contributed by atoms with E-state index in [4.69, 9.17) is 21.1 Å². The lowest BCUT2D eigenvalue weighted by Gasteiger charge is -2.41. The van der Waals surface area contributed by atoms with Crippen molar-refractivity contribution in [1.82, 2.24) is 4.98 Å². The number of ether oxygens (including phenoxy) is 2. The zero-order valence-corrected chi connectivity index (χ0v) is 25.7. The van der Waals surface area contributed by atoms with Gasteiger partial charge in [0.25, 0.3) is 0 Å². The SMILES string of the molecule is CC1(C)CCN(c2c(-c3ccc(OCCc4ccc(F)cc4)cc3)c(CO)nc(Cl)c2[C@H](OC(C)(C)C)C(=O)O)CC1. The number of anilines is 1. The quantitative estimate of drug-likeness (QED) is 0.238. The summed E-state index contributed by atoms with van der Waals surface area (Å²) in [7, 11) is 0. The van der Waals surface area contributed by atoms with E-state index in [-0.39, 0.29) is 28.6 Å². The van der Waals surface area contributed by atoms with Crippen molar-refractivity contribution in [2.24, 2.45) is 5.41 Å². The summed E-state index contributed by atoms with van der Waals surface area (Å²) >= 11 is 6.72. The summed E-state index contributed by atoms with van der Waals surface area (Å²) in [6.45, 7) is 11.2. The smallest absolute Gasteiger partial charge is 0.337 e. The van der Waals surface area contributed by atoms with Crippen LogP contribution < -0.4 is 9.64 Å². The first kappa shape index (κ1) is 31.7. The van der Waals surface area contributed by atoms with E-state index in [2.05, 4.69) is 23.7 Å². The van der Waals surface area contributed by atoms with Crippen LogP contribution in [0.3, 0.4) is 0 Å². The molecule has 2 N–H and O–H groups in total. The second-order valence-corrected chi connectivity index (χ2v) is 12.9. The third kappa shape index (κ3) is 7.79. The first-order valence-electron chi connectivity index (χ1n) is 14.2. The van der Waals surface area contributed by atoms with Gasteiger partial charge in [-0.05, 0) is 74.4 Å². The van der Waals surface area contributed by atoms with Crippen LogP contribution in [0.1, 0.15) is 70.4 Å². The number of nitrogens with zero attached hydrogens (tertiary/aromatic N) is 2. The Labute approximate surface area is 252 Å². The molecular formula is C33H40ClFN2O5. The topological polar surface area (TPSA) is 92.1 Å². The average Bonchev–Trinajstić information content (AvgIpc) is 2.92. The number of aromatic nitrogens is 1. The number of carbonyl (C=O) groups is 1. The van der Waals surface area contributed by atoms with Crippen LogP contribution in [0.4, 0.5) is 10.1 Å². The highest BCUT2D eigenvalue weighted by Crippen LogP contribution is 2.46. The van der Waals surface area contributed by atoms with Gasteiger partial charge in [-0.1, -0.05) is 49.7 Å². The number of piperidine rings is 1. The predicted molar refractivity (Wildman–Crippen MR) is 163 cm³/mol. The Morgan fingerprint density at radius 1 is 1.10 bits per heavy atom. The summed E-state index contributed by atoms with van der Waals surface area (Å²) in [6, 6.07) is 13.7. The maximum atomic E-state index is 13.2. The highest BCUT2D eigenvalue weighted by Gasteiger charge is 2.37. The number of halogens is 2. The Kier molecular flexibility index (Phi) is 9.81. The summed E-state index contributed by atoms with van der Waals surface area (Å²) in [6.07, 6.45) is 1.06. The van der Waals surface area contributed by atoms with Gasteiger partial charge < -0.3 is 24.6 Å². The standard InChI is InChI=1S/C33H40ClFN2O5/c1-32(2,3)42-29(31(39)40)27-28(37-17-15-33(4,5)16-18-37)26(25(20-38)36-30(27)34)22-8-12-24(13-9-22)41-19-14-21-6-10-23(35)11-7-21/h6-13,29,38H,14-20H2,1-5H3,(H,39,40)/t29-/m0/s1. The molecule has 1 aromatic heterocycles. The minimum Gasteiger partial charge on any atom is -0.493 e. The van der Waals surface area contributed by atoms with Gasteiger partial charge in [-0.25, -0.2) is 14.2 Å². The molecule has 1 saturated heterocycles.